The smallest absolute Gasteiger partial charge is 0.260 e. The second-order valence-electron chi connectivity index (χ2n) is 11.0. The van der Waals surface area contributed by atoms with Gasteiger partial charge in [-0.15, -0.1) is 0 Å². The second-order valence-corrected chi connectivity index (χ2v) is 11.4. The summed E-state index contributed by atoms with van der Waals surface area (Å²) in [6.45, 7) is 6.89. The number of benzene rings is 2. The summed E-state index contributed by atoms with van der Waals surface area (Å²) in [5, 5.41) is 8.67. The minimum atomic E-state index is -0.270. The van der Waals surface area contributed by atoms with E-state index < -0.39 is 0 Å². The molecule has 1 aliphatic rings. The molecule has 5 rings (SSSR count). The fraction of sp³-hybridized carbons (Fsp3) is 0.333. The van der Waals surface area contributed by atoms with Crippen LogP contribution >= 0.6 is 11.6 Å². The Hall–Kier alpha value is -4.81. The molecule has 0 N–H and O–H groups in total. The van der Waals surface area contributed by atoms with Crippen molar-refractivity contribution >= 4 is 34.9 Å². The van der Waals surface area contributed by atoms with E-state index in [0.29, 0.717) is 72.6 Å². The number of anilines is 1. The number of hydrogen-bond donors (Lipinski definition) is 0. The zero-order valence-corrected chi connectivity index (χ0v) is 26.5. The third-order valence-corrected chi connectivity index (χ3v) is 7.63. The number of rotatable bonds is 13. The number of hydrogen-bond acceptors (Lipinski definition) is 9. The first-order chi connectivity index (χ1) is 22.3. The van der Waals surface area contributed by atoms with E-state index in [-0.39, 0.29) is 36.9 Å². The molecule has 46 heavy (non-hydrogen) atoms. The van der Waals surface area contributed by atoms with Crippen LogP contribution in [0.2, 0.25) is 5.02 Å². The largest absolute Gasteiger partial charge is 0.489 e. The highest BCUT2D eigenvalue weighted by molar-refractivity contribution is 6.30. The zero-order chi connectivity index (χ0) is 32.5. The molecule has 2 aromatic carbocycles. The van der Waals surface area contributed by atoms with Crippen molar-refractivity contribution in [1.82, 2.24) is 29.8 Å². The number of amides is 2. The van der Waals surface area contributed by atoms with E-state index in [1.165, 1.54) is 23.4 Å². The lowest BCUT2D eigenvalue weighted by Gasteiger charge is -2.36. The summed E-state index contributed by atoms with van der Waals surface area (Å²) in [5.74, 6) is 0.498. The number of aromatic nitrogens is 4. The summed E-state index contributed by atoms with van der Waals surface area (Å²) in [6, 6.07) is 15.4. The molecule has 13 heteroatoms. The Morgan fingerprint density at radius 1 is 0.935 bits per heavy atom. The Bertz CT molecular complexity index is 1610. The van der Waals surface area contributed by atoms with Crippen molar-refractivity contribution in [2.24, 2.45) is 0 Å². The van der Waals surface area contributed by atoms with Crippen LogP contribution in [0.4, 0.5) is 5.69 Å². The van der Waals surface area contributed by atoms with E-state index in [1.807, 2.05) is 13.8 Å². The number of Topliss-reactive ketones (excluding diaryl/α,β-unsaturated/α-hetero) is 1. The molecule has 1 fully saturated rings. The average molecular weight is 646 g/mol. The van der Waals surface area contributed by atoms with Gasteiger partial charge in [0.2, 0.25) is 0 Å². The highest BCUT2D eigenvalue weighted by atomic mass is 35.5. The maximum Gasteiger partial charge on any atom is 0.260 e. The minimum Gasteiger partial charge on any atom is -0.489 e. The van der Waals surface area contributed by atoms with Gasteiger partial charge in [-0.3, -0.25) is 24.3 Å². The highest BCUT2D eigenvalue weighted by Crippen LogP contribution is 2.32. The van der Waals surface area contributed by atoms with E-state index in [0.717, 1.165) is 0 Å². The number of piperazine rings is 1. The third-order valence-electron chi connectivity index (χ3n) is 7.38. The van der Waals surface area contributed by atoms with Crippen molar-refractivity contribution in [2.75, 3.05) is 50.8 Å². The van der Waals surface area contributed by atoms with Gasteiger partial charge in [0.25, 0.3) is 11.8 Å². The monoisotopic (exact) mass is 645 g/mol. The predicted molar refractivity (Wildman–Crippen MR) is 172 cm³/mol. The maximum atomic E-state index is 14.0. The lowest BCUT2D eigenvalue weighted by Crippen LogP contribution is -2.51. The summed E-state index contributed by atoms with van der Waals surface area (Å²) in [4.78, 5) is 51.0. The molecule has 0 bridgehead atoms. The zero-order valence-electron chi connectivity index (χ0n) is 25.8. The quantitative estimate of drug-likeness (QED) is 0.199. The summed E-state index contributed by atoms with van der Waals surface area (Å²) in [5.41, 5.74) is 1.29. The van der Waals surface area contributed by atoms with Crippen LogP contribution in [0.25, 0.3) is 0 Å². The molecule has 0 aliphatic carbocycles. The van der Waals surface area contributed by atoms with Gasteiger partial charge in [0, 0.05) is 62.2 Å². The van der Waals surface area contributed by atoms with Crippen LogP contribution in [0, 0.1) is 0 Å². The summed E-state index contributed by atoms with van der Waals surface area (Å²) < 4.78 is 11.8. The Morgan fingerprint density at radius 2 is 1.67 bits per heavy atom. The SMILES string of the molecule is CC(C)Oc1ccc(C(=O)Cn2nccn2)cc1N(CCN1CCN(C(=O)COc2ccc(Cl)cc2)CC1)C(=O)c1cccnc1. The van der Waals surface area contributed by atoms with E-state index in [1.54, 1.807) is 70.6 Å². The van der Waals surface area contributed by atoms with Crippen LogP contribution in [0.1, 0.15) is 34.6 Å². The van der Waals surface area contributed by atoms with Crippen LogP contribution < -0.4 is 14.4 Å². The molecule has 4 aromatic rings. The van der Waals surface area contributed by atoms with Crippen molar-refractivity contribution < 1.29 is 23.9 Å². The Morgan fingerprint density at radius 3 is 2.35 bits per heavy atom. The first-order valence-corrected chi connectivity index (χ1v) is 15.4. The molecule has 3 heterocycles. The number of nitrogens with zero attached hydrogens (tertiary/aromatic N) is 7. The molecule has 0 saturated carbocycles. The molecule has 0 spiro atoms. The molecular weight excluding hydrogens is 610 g/mol. The lowest BCUT2D eigenvalue weighted by atomic mass is 10.1. The van der Waals surface area contributed by atoms with Crippen molar-refractivity contribution in [3.63, 3.8) is 0 Å². The van der Waals surface area contributed by atoms with E-state index in [2.05, 4.69) is 20.1 Å². The molecule has 240 valence electrons. The van der Waals surface area contributed by atoms with Crippen LogP contribution in [0.3, 0.4) is 0 Å². The van der Waals surface area contributed by atoms with Gasteiger partial charge in [0.05, 0.1) is 29.7 Å². The Balaban J connectivity index is 1.29. The summed E-state index contributed by atoms with van der Waals surface area (Å²) in [6.07, 6.45) is 5.98. The third kappa shape index (κ3) is 8.67. The molecule has 1 aliphatic heterocycles. The lowest BCUT2D eigenvalue weighted by molar-refractivity contribution is -0.135. The van der Waals surface area contributed by atoms with Gasteiger partial charge in [0.15, 0.2) is 12.4 Å². The van der Waals surface area contributed by atoms with Gasteiger partial charge >= 0.3 is 0 Å². The Kier molecular flexibility index (Phi) is 10.9. The van der Waals surface area contributed by atoms with E-state index in [9.17, 15) is 14.4 Å². The molecular formula is C33H36ClN7O5. The molecule has 2 amide bonds. The fourth-order valence-corrected chi connectivity index (χ4v) is 5.13. The summed E-state index contributed by atoms with van der Waals surface area (Å²) >= 11 is 5.92. The van der Waals surface area contributed by atoms with Gasteiger partial charge in [-0.1, -0.05) is 11.6 Å². The van der Waals surface area contributed by atoms with Gasteiger partial charge in [0.1, 0.15) is 18.0 Å². The maximum absolute atomic E-state index is 14.0. The van der Waals surface area contributed by atoms with Crippen LogP contribution in [-0.4, -0.2) is 99.4 Å². The number of pyridine rings is 1. The van der Waals surface area contributed by atoms with Crippen LogP contribution in [-0.2, 0) is 11.3 Å². The first-order valence-electron chi connectivity index (χ1n) is 15.0. The van der Waals surface area contributed by atoms with E-state index in [4.69, 9.17) is 21.1 Å². The Labute approximate surface area is 272 Å². The normalized spacial score (nSPS) is 13.4. The van der Waals surface area contributed by atoms with Crippen LogP contribution in [0.5, 0.6) is 11.5 Å². The van der Waals surface area contributed by atoms with Gasteiger partial charge in [-0.05, 0) is 68.4 Å². The van der Waals surface area contributed by atoms with Crippen molar-refractivity contribution in [3.05, 3.63) is 95.5 Å². The van der Waals surface area contributed by atoms with Crippen molar-refractivity contribution in [2.45, 2.75) is 26.5 Å². The van der Waals surface area contributed by atoms with Crippen LogP contribution in [0.15, 0.2) is 79.4 Å². The highest BCUT2D eigenvalue weighted by Gasteiger charge is 2.26. The number of ether oxygens (including phenoxy) is 2. The number of carbonyl (C=O) groups excluding carboxylic acids is 3. The second kappa shape index (κ2) is 15.5. The van der Waals surface area contributed by atoms with Crippen molar-refractivity contribution in [3.8, 4) is 11.5 Å². The number of carbonyl (C=O) groups is 3. The minimum absolute atomic E-state index is 0.0406. The molecule has 0 unspecified atom stereocenters. The summed E-state index contributed by atoms with van der Waals surface area (Å²) in [7, 11) is 0. The average Bonchev–Trinajstić information content (AvgIpc) is 3.58. The van der Waals surface area contributed by atoms with Gasteiger partial charge < -0.3 is 19.3 Å². The first kappa shape index (κ1) is 32.6. The van der Waals surface area contributed by atoms with Crippen molar-refractivity contribution in [1.29, 1.82) is 0 Å². The molecule has 2 aromatic heterocycles. The number of ketones is 1. The standard InChI is InChI=1S/C33H36ClN7O5/c1-24(2)46-31-10-5-25(30(42)22-41-36-12-13-37-41)20-29(31)40(33(44)26-4-3-11-35-21-26)19-16-38-14-17-39(18-15-38)32(43)23-45-28-8-6-27(34)7-9-28/h3-13,20-21,24H,14-19,22-23H2,1-2H3. The molecule has 1 saturated heterocycles. The fourth-order valence-electron chi connectivity index (χ4n) is 5.01. The molecule has 0 atom stereocenters. The molecule has 0 radical (unpaired) electrons. The number of halogens is 1. The van der Waals surface area contributed by atoms with E-state index >= 15 is 0 Å². The van der Waals surface area contributed by atoms with Gasteiger partial charge in [-0.2, -0.15) is 15.0 Å². The van der Waals surface area contributed by atoms with Gasteiger partial charge in [-0.25, -0.2) is 0 Å². The topological polar surface area (TPSA) is 123 Å². The molecule has 12 nitrogen and oxygen atoms in total. The predicted octanol–water partition coefficient (Wildman–Crippen LogP) is 3.87.